The van der Waals surface area contributed by atoms with E-state index < -0.39 is 30.5 Å². The number of fused-ring (bicyclic) bond motifs is 1. The molecule has 3 aliphatic rings. The molecule has 0 bridgehead atoms. The van der Waals surface area contributed by atoms with E-state index in [1.807, 2.05) is 6.92 Å². The Morgan fingerprint density at radius 3 is 2.81 bits per heavy atom. The molecule has 5 heteroatoms. The maximum atomic E-state index is 12.4. The average Bonchev–Trinajstić information content (AvgIpc) is 3.39. The first-order chi connectivity index (χ1) is 12.7. The number of rotatable bonds is 6. The number of allylic oxidation sites excluding steroid dienone is 3. The molecule has 0 saturated carbocycles. The van der Waals surface area contributed by atoms with Crippen molar-refractivity contribution in [1.82, 2.24) is 0 Å². The number of ketones is 1. The first-order valence-electron chi connectivity index (χ1n) is 9.91. The number of ether oxygens (including phenoxy) is 1. The molecule has 0 amide bonds. The Kier molecular flexibility index (Phi) is 5.52. The van der Waals surface area contributed by atoms with E-state index in [1.165, 1.54) is 18.1 Å². The topological polar surface area (TPSA) is 90.3 Å². The molecule has 0 spiro atoms. The predicted molar refractivity (Wildman–Crippen MR) is 103 cm³/mol. The van der Waals surface area contributed by atoms with Gasteiger partial charge in [-0.15, -0.1) is 0 Å². The summed E-state index contributed by atoms with van der Waals surface area (Å²) >= 11 is 0. The zero-order valence-electron chi connectivity index (χ0n) is 16.7. The fraction of sp³-hybridized carbons (Fsp3) is 0.682. The molecule has 1 aliphatic heterocycles. The van der Waals surface area contributed by atoms with Gasteiger partial charge < -0.3 is 20.1 Å². The molecule has 1 saturated heterocycles. The molecule has 1 fully saturated rings. The predicted octanol–water partition coefficient (Wildman–Crippen LogP) is 2.46. The van der Waals surface area contributed by atoms with E-state index in [9.17, 15) is 20.1 Å². The molecule has 150 valence electrons. The normalized spacial score (nSPS) is 40.2. The van der Waals surface area contributed by atoms with Crippen molar-refractivity contribution in [3.63, 3.8) is 0 Å². The van der Waals surface area contributed by atoms with Gasteiger partial charge in [-0.05, 0) is 62.5 Å². The van der Waals surface area contributed by atoms with Crippen molar-refractivity contribution in [3.05, 3.63) is 34.9 Å². The number of carbonyl (C=O) groups is 1. The van der Waals surface area contributed by atoms with Crippen LogP contribution in [-0.2, 0) is 9.53 Å². The Labute approximate surface area is 161 Å². The second-order valence-electron chi connectivity index (χ2n) is 8.76. The minimum absolute atomic E-state index is 0.158. The molecular formula is C22H32O5. The van der Waals surface area contributed by atoms with Crippen LogP contribution in [-0.4, -0.2) is 51.6 Å². The lowest BCUT2D eigenvalue weighted by atomic mass is 9.65. The van der Waals surface area contributed by atoms with Gasteiger partial charge in [-0.25, -0.2) is 0 Å². The highest BCUT2D eigenvalue weighted by molar-refractivity contribution is 6.02. The van der Waals surface area contributed by atoms with Crippen LogP contribution in [0.25, 0.3) is 0 Å². The summed E-state index contributed by atoms with van der Waals surface area (Å²) in [6, 6.07) is 0. The largest absolute Gasteiger partial charge is 0.392 e. The summed E-state index contributed by atoms with van der Waals surface area (Å²) in [5.74, 6) is 0.233. The van der Waals surface area contributed by atoms with Crippen LogP contribution >= 0.6 is 0 Å². The molecule has 27 heavy (non-hydrogen) atoms. The first kappa shape index (κ1) is 20.5. The van der Waals surface area contributed by atoms with Gasteiger partial charge >= 0.3 is 0 Å². The molecule has 0 aromatic rings. The minimum Gasteiger partial charge on any atom is -0.392 e. The first-order valence-corrected chi connectivity index (χ1v) is 9.91. The van der Waals surface area contributed by atoms with Crippen molar-refractivity contribution in [1.29, 1.82) is 0 Å². The van der Waals surface area contributed by atoms with Crippen molar-refractivity contribution in [3.8, 4) is 0 Å². The van der Waals surface area contributed by atoms with E-state index in [1.54, 1.807) is 6.08 Å². The maximum absolute atomic E-state index is 12.4. The SMILES string of the molecule is CC1=CCC[C@@H](C)[C@]1(C)CC/C(C)=C/[C@H](O)[C@]12O[C@H]1[C@H](O)C(CO)=CC2=O. The van der Waals surface area contributed by atoms with Crippen LogP contribution in [0.1, 0.15) is 53.4 Å². The fourth-order valence-electron chi connectivity index (χ4n) is 4.62. The lowest BCUT2D eigenvalue weighted by Crippen LogP contribution is -2.45. The molecule has 3 rings (SSSR count). The van der Waals surface area contributed by atoms with Crippen molar-refractivity contribution in [2.45, 2.75) is 77.3 Å². The molecule has 5 nitrogen and oxygen atoms in total. The zero-order chi connectivity index (χ0) is 20.0. The van der Waals surface area contributed by atoms with Gasteiger partial charge in [0.1, 0.15) is 18.3 Å². The number of hydrogen-bond donors (Lipinski definition) is 3. The minimum atomic E-state index is -1.39. The second kappa shape index (κ2) is 7.28. The van der Waals surface area contributed by atoms with E-state index in [4.69, 9.17) is 4.74 Å². The Balaban J connectivity index is 1.69. The number of epoxide rings is 1. The van der Waals surface area contributed by atoms with Gasteiger partial charge in [0.25, 0.3) is 0 Å². The lowest BCUT2D eigenvalue weighted by Gasteiger charge is -2.40. The third kappa shape index (κ3) is 3.35. The Morgan fingerprint density at radius 1 is 1.48 bits per heavy atom. The molecule has 0 radical (unpaired) electrons. The van der Waals surface area contributed by atoms with E-state index >= 15 is 0 Å². The average molecular weight is 376 g/mol. The van der Waals surface area contributed by atoms with Crippen LogP contribution < -0.4 is 0 Å². The van der Waals surface area contributed by atoms with Gasteiger partial charge in [-0.1, -0.05) is 37.1 Å². The smallest absolute Gasteiger partial charge is 0.193 e. The van der Waals surface area contributed by atoms with Crippen molar-refractivity contribution in [2.75, 3.05) is 6.61 Å². The van der Waals surface area contributed by atoms with Gasteiger partial charge in [-0.2, -0.15) is 0 Å². The maximum Gasteiger partial charge on any atom is 0.193 e. The van der Waals surface area contributed by atoms with Crippen molar-refractivity contribution >= 4 is 5.78 Å². The van der Waals surface area contributed by atoms with Gasteiger partial charge in [0, 0.05) is 0 Å². The quantitative estimate of drug-likeness (QED) is 0.489. The third-order valence-electron chi connectivity index (χ3n) is 7.20. The number of hydrogen-bond acceptors (Lipinski definition) is 5. The number of aliphatic hydroxyl groups is 3. The van der Waals surface area contributed by atoms with Crippen LogP contribution in [0.4, 0.5) is 0 Å². The third-order valence-corrected chi connectivity index (χ3v) is 7.20. The zero-order valence-corrected chi connectivity index (χ0v) is 16.7. The molecule has 0 unspecified atom stereocenters. The number of aliphatic hydroxyl groups excluding tert-OH is 3. The van der Waals surface area contributed by atoms with E-state index in [2.05, 4.69) is 26.8 Å². The lowest BCUT2D eigenvalue weighted by molar-refractivity contribution is -0.122. The summed E-state index contributed by atoms with van der Waals surface area (Å²) in [6.45, 7) is 8.40. The van der Waals surface area contributed by atoms with Crippen LogP contribution in [0.5, 0.6) is 0 Å². The molecule has 0 aromatic carbocycles. The van der Waals surface area contributed by atoms with Crippen molar-refractivity contribution in [2.24, 2.45) is 11.3 Å². The highest BCUT2D eigenvalue weighted by Crippen LogP contribution is 2.49. The summed E-state index contributed by atoms with van der Waals surface area (Å²) in [7, 11) is 0. The molecule has 0 aromatic heterocycles. The van der Waals surface area contributed by atoms with Crippen LogP contribution in [0, 0.1) is 11.3 Å². The summed E-state index contributed by atoms with van der Waals surface area (Å²) in [4.78, 5) is 12.4. The monoisotopic (exact) mass is 376 g/mol. The van der Waals surface area contributed by atoms with Gasteiger partial charge in [0.2, 0.25) is 0 Å². The number of carbonyl (C=O) groups excluding carboxylic acids is 1. The Hall–Kier alpha value is -1.27. The van der Waals surface area contributed by atoms with Gasteiger partial charge in [-0.3, -0.25) is 4.79 Å². The molecule has 1 heterocycles. The fourth-order valence-corrected chi connectivity index (χ4v) is 4.62. The molecule has 3 N–H and O–H groups in total. The summed E-state index contributed by atoms with van der Waals surface area (Å²) in [5, 5.41) is 30.1. The highest BCUT2D eigenvalue weighted by atomic mass is 16.6. The van der Waals surface area contributed by atoms with E-state index in [0.717, 1.165) is 24.8 Å². The van der Waals surface area contributed by atoms with Crippen LogP contribution in [0.3, 0.4) is 0 Å². The summed E-state index contributed by atoms with van der Waals surface area (Å²) < 4.78 is 5.47. The molecule has 2 aliphatic carbocycles. The van der Waals surface area contributed by atoms with Crippen molar-refractivity contribution < 1.29 is 24.9 Å². The van der Waals surface area contributed by atoms with E-state index in [0.29, 0.717) is 5.92 Å². The van der Waals surface area contributed by atoms with Crippen LogP contribution in [0.15, 0.2) is 34.9 Å². The standard InChI is InChI=1S/C22H32O5/c1-13(8-9-21(4)14(2)6-5-7-15(21)3)10-17(24)22-18(25)11-16(12-23)19(26)20(22)27-22/h6,10-11,15,17,19-20,23-24,26H,5,7-9,12H2,1-4H3/b13-10+/t15-,17+,19-,20+,21-,22-/m1/s1. The van der Waals surface area contributed by atoms with Crippen LogP contribution in [0.2, 0.25) is 0 Å². The van der Waals surface area contributed by atoms with Gasteiger partial charge in [0.15, 0.2) is 11.4 Å². The Morgan fingerprint density at radius 2 is 2.19 bits per heavy atom. The second-order valence-corrected chi connectivity index (χ2v) is 8.76. The Bertz CT molecular complexity index is 705. The summed E-state index contributed by atoms with van der Waals surface area (Å²) in [5.41, 5.74) is 1.46. The summed E-state index contributed by atoms with van der Waals surface area (Å²) in [6.07, 6.45) is 6.47. The highest BCUT2D eigenvalue weighted by Gasteiger charge is 2.70. The molecular weight excluding hydrogens is 344 g/mol. The van der Waals surface area contributed by atoms with E-state index in [-0.39, 0.29) is 16.8 Å². The van der Waals surface area contributed by atoms with Gasteiger partial charge in [0.05, 0.1) is 6.61 Å². The molecule has 6 atom stereocenters.